The van der Waals surface area contributed by atoms with Crippen molar-refractivity contribution in [2.24, 2.45) is 11.8 Å². The summed E-state index contributed by atoms with van der Waals surface area (Å²) in [7, 11) is 0. The first-order valence-electron chi connectivity index (χ1n) is 4.32. The van der Waals surface area contributed by atoms with Gasteiger partial charge in [0.2, 0.25) is 0 Å². The van der Waals surface area contributed by atoms with E-state index in [1.165, 1.54) is 6.33 Å². The van der Waals surface area contributed by atoms with Gasteiger partial charge in [-0.3, -0.25) is 9.48 Å². The highest BCUT2D eigenvalue weighted by atomic mass is 16.4. The second-order valence-corrected chi connectivity index (χ2v) is 3.39. The zero-order valence-corrected chi connectivity index (χ0v) is 7.13. The van der Waals surface area contributed by atoms with Crippen LogP contribution in [0.4, 0.5) is 0 Å². The molecule has 1 N–H and O–H groups in total. The van der Waals surface area contributed by atoms with Crippen LogP contribution in [-0.2, 0) is 11.3 Å². The Kier molecular flexibility index (Phi) is 2.00. The lowest BCUT2D eigenvalue weighted by Crippen LogP contribution is -2.03. The fraction of sp³-hybridized carbons (Fsp3) is 0.625. The summed E-state index contributed by atoms with van der Waals surface area (Å²) in [6.07, 6.45) is 4.85. The molecular formula is C8H11N3O2. The third-order valence-electron chi connectivity index (χ3n) is 2.44. The summed E-state index contributed by atoms with van der Waals surface area (Å²) in [6.45, 7) is 0.772. The van der Waals surface area contributed by atoms with Crippen molar-refractivity contribution in [1.29, 1.82) is 0 Å². The Hall–Kier alpha value is -1.39. The zero-order chi connectivity index (χ0) is 9.26. The van der Waals surface area contributed by atoms with Crippen LogP contribution in [0.1, 0.15) is 12.8 Å². The molecule has 0 saturated heterocycles. The van der Waals surface area contributed by atoms with Gasteiger partial charge in [0, 0.05) is 6.54 Å². The van der Waals surface area contributed by atoms with Crippen molar-refractivity contribution < 1.29 is 9.90 Å². The first-order valence-corrected chi connectivity index (χ1v) is 4.32. The molecule has 0 bridgehead atoms. The molecule has 1 aliphatic carbocycles. The number of aryl methyl sites for hydroxylation is 1. The molecule has 2 rings (SSSR count). The van der Waals surface area contributed by atoms with Gasteiger partial charge < -0.3 is 5.11 Å². The molecule has 70 valence electrons. The molecule has 0 radical (unpaired) electrons. The zero-order valence-electron chi connectivity index (χ0n) is 7.13. The molecule has 5 nitrogen and oxygen atoms in total. The van der Waals surface area contributed by atoms with E-state index in [2.05, 4.69) is 10.1 Å². The Morgan fingerprint density at radius 3 is 3.08 bits per heavy atom. The van der Waals surface area contributed by atoms with Crippen molar-refractivity contribution in [3.8, 4) is 0 Å². The van der Waals surface area contributed by atoms with E-state index in [1.807, 2.05) is 0 Å². The first-order chi connectivity index (χ1) is 6.27. The smallest absolute Gasteiger partial charge is 0.306 e. The summed E-state index contributed by atoms with van der Waals surface area (Å²) in [5.74, 6) is -0.422. The van der Waals surface area contributed by atoms with Gasteiger partial charge in [-0.2, -0.15) is 5.10 Å². The van der Waals surface area contributed by atoms with Crippen LogP contribution < -0.4 is 0 Å². The van der Waals surface area contributed by atoms with Gasteiger partial charge in [-0.25, -0.2) is 4.98 Å². The number of hydrogen-bond donors (Lipinski definition) is 1. The summed E-state index contributed by atoms with van der Waals surface area (Å²) >= 11 is 0. The maximum Gasteiger partial charge on any atom is 0.306 e. The van der Waals surface area contributed by atoms with Crippen LogP contribution in [0.2, 0.25) is 0 Å². The lowest BCUT2D eigenvalue weighted by molar-refractivity contribution is -0.138. The Labute approximate surface area is 75.4 Å². The minimum atomic E-state index is -0.663. The third kappa shape index (κ3) is 1.85. The number of rotatable bonds is 4. The van der Waals surface area contributed by atoms with Crippen molar-refractivity contribution in [3.05, 3.63) is 12.7 Å². The topological polar surface area (TPSA) is 68.0 Å². The average Bonchev–Trinajstić information content (AvgIpc) is 2.70. The van der Waals surface area contributed by atoms with Gasteiger partial charge in [0.25, 0.3) is 0 Å². The highest BCUT2D eigenvalue weighted by Crippen LogP contribution is 2.41. The number of aliphatic carboxylic acids is 1. The average molecular weight is 181 g/mol. The molecule has 1 aromatic heterocycles. The van der Waals surface area contributed by atoms with E-state index in [0.717, 1.165) is 19.4 Å². The van der Waals surface area contributed by atoms with Gasteiger partial charge in [-0.15, -0.1) is 0 Å². The van der Waals surface area contributed by atoms with E-state index in [-0.39, 0.29) is 5.92 Å². The number of carboxylic acid groups (broad SMARTS) is 1. The van der Waals surface area contributed by atoms with Crippen LogP contribution in [0.5, 0.6) is 0 Å². The van der Waals surface area contributed by atoms with E-state index < -0.39 is 5.97 Å². The predicted octanol–water partition coefficient (Wildman–Crippen LogP) is 0.389. The monoisotopic (exact) mass is 181 g/mol. The number of carboxylic acids is 1. The van der Waals surface area contributed by atoms with Gasteiger partial charge >= 0.3 is 5.97 Å². The molecule has 1 fully saturated rings. The molecule has 1 heterocycles. The molecule has 0 aliphatic heterocycles. The maximum absolute atomic E-state index is 10.5. The SMILES string of the molecule is O=C(O)[C@@H]1C[C@H]1CCn1cncn1. The Bertz CT molecular complexity index is 296. The van der Waals surface area contributed by atoms with Crippen LogP contribution in [0.15, 0.2) is 12.7 Å². The molecule has 1 saturated carbocycles. The van der Waals surface area contributed by atoms with Crippen LogP contribution in [0, 0.1) is 11.8 Å². The highest BCUT2D eigenvalue weighted by molar-refractivity contribution is 5.73. The fourth-order valence-corrected chi connectivity index (χ4v) is 1.52. The number of aromatic nitrogens is 3. The summed E-state index contributed by atoms with van der Waals surface area (Å²) < 4.78 is 1.73. The van der Waals surface area contributed by atoms with E-state index in [9.17, 15) is 4.79 Å². The standard InChI is InChI=1S/C8H11N3O2/c12-8(13)7-3-6(7)1-2-11-5-9-4-10-11/h4-7H,1-3H2,(H,12,13)/t6-,7-/m1/s1. The van der Waals surface area contributed by atoms with Gasteiger partial charge in [-0.05, 0) is 18.8 Å². The van der Waals surface area contributed by atoms with E-state index in [0.29, 0.717) is 5.92 Å². The number of nitrogens with zero attached hydrogens (tertiary/aromatic N) is 3. The molecule has 0 unspecified atom stereocenters. The van der Waals surface area contributed by atoms with Crippen molar-refractivity contribution in [2.75, 3.05) is 0 Å². The number of carbonyl (C=O) groups is 1. The summed E-state index contributed by atoms with van der Waals surface area (Å²) in [4.78, 5) is 14.3. The minimum absolute atomic E-state index is 0.108. The van der Waals surface area contributed by atoms with Crippen molar-refractivity contribution in [2.45, 2.75) is 19.4 Å². The van der Waals surface area contributed by atoms with Gasteiger partial charge in [-0.1, -0.05) is 0 Å². The van der Waals surface area contributed by atoms with Crippen LogP contribution in [0.3, 0.4) is 0 Å². The van der Waals surface area contributed by atoms with E-state index in [4.69, 9.17) is 5.11 Å². The van der Waals surface area contributed by atoms with Gasteiger partial charge in [0.05, 0.1) is 5.92 Å². The normalized spacial score (nSPS) is 25.8. The fourth-order valence-electron chi connectivity index (χ4n) is 1.52. The number of hydrogen-bond acceptors (Lipinski definition) is 3. The first kappa shape index (κ1) is 8.22. The predicted molar refractivity (Wildman–Crippen MR) is 43.9 cm³/mol. The van der Waals surface area contributed by atoms with E-state index in [1.54, 1.807) is 11.0 Å². The van der Waals surface area contributed by atoms with Crippen molar-refractivity contribution in [1.82, 2.24) is 14.8 Å². The lowest BCUT2D eigenvalue weighted by atomic mass is 10.2. The summed E-state index contributed by atoms with van der Waals surface area (Å²) in [6, 6.07) is 0. The molecule has 0 aromatic carbocycles. The second kappa shape index (κ2) is 3.16. The van der Waals surface area contributed by atoms with Gasteiger partial charge in [0.1, 0.15) is 12.7 Å². The van der Waals surface area contributed by atoms with Crippen molar-refractivity contribution >= 4 is 5.97 Å². The van der Waals surface area contributed by atoms with Crippen LogP contribution >= 0.6 is 0 Å². The molecular weight excluding hydrogens is 170 g/mol. The van der Waals surface area contributed by atoms with Crippen LogP contribution in [-0.4, -0.2) is 25.8 Å². The lowest BCUT2D eigenvalue weighted by Gasteiger charge is -1.97. The highest BCUT2D eigenvalue weighted by Gasteiger charge is 2.42. The molecule has 13 heavy (non-hydrogen) atoms. The third-order valence-corrected chi connectivity index (χ3v) is 2.44. The Morgan fingerprint density at radius 1 is 1.69 bits per heavy atom. The molecule has 1 aromatic rings. The quantitative estimate of drug-likeness (QED) is 0.729. The van der Waals surface area contributed by atoms with Gasteiger partial charge in [0.15, 0.2) is 0 Å². The molecule has 0 spiro atoms. The largest absolute Gasteiger partial charge is 0.481 e. The van der Waals surface area contributed by atoms with Crippen LogP contribution in [0.25, 0.3) is 0 Å². The minimum Gasteiger partial charge on any atom is -0.481 e. The maximum atomic E-state index is 10.5. The Balaban J connectivity index is 1.74. The Morgan fingerprint density at radius 2 is 2.54 bits per heavy atom. The second-order valence-electron chi connectivity index (χ2n) is 3.39. The summed E-state index contributed by atoms with van der Waals surface area (Å²) in [5, 5.41) is 12.6. The molecule has 5 heteroatoms. The molecule has 2 atom stereocenters. The molecule has 0 amide bonds. The summed E-state index contributed by atoms with van der Waals surface area (Å²) in [5.41, 5.74) is 0. The molecule has 1 aliphatic rings. The van der Waals surface area contributed by atoms with E-state index >= 15 is 0 Å². The van der Waals surface area contributed by atoms with Crippen molar-refractivity contribution in [3.63, 3.8) is 0 Å².